The van der Waals surface area contributed by atoms with E-state index in [0.29, 0.717) is 10.8 Å². The summed E-state index contributed by atoms with van der Waals surface area (Å²) < 4.78 is 5.29. The Kier molecular flexibility index (Phi) is 10.9. The molecule has 4 rings (SSSR count). The van der Waals surface area contributed by atoms with E-state index < -0.39 is 0 Å². The smallest absolute Gasteiger partial charge is 0.179 e. The van der Waals surface area contributed by atoms with Gasteiger partial charge in [-0.25, -0.2) is 0 Å². The predicted molar refractivity (Wildman–Crippen MR) is 147 cm³/mol. The molecule has 182 valence electrons. The van der Waals surface area contributed by atoms with E-state index in [1.807, 2.05) is 43.3 Å². The van der Waals surface area contributed by atoms with Gasteiger partial charge in [0, 0.05) is 43.7 Å². The van der Waals surface area contributed by atoms with Crippen molar-refractivity contribution in [1.29, 1.82) is 0 Å². The topological polar surface area (TPSA) is 32.8 Å². The number of nitrogens with zero attached hydrogens (tertiary/aromatic N) is 2. The summed E-state index contributed by atoms with van der Waals surface area (Å²) in [4.78, 5) is 17.9. The third-order valence-corrected chi connectivity index (χ3v) is 6.62. The fourth-order valence-corrected chi connectivity index (χ4v) is 4.54. The summed E-state index contributed by atoms with van der Waals surface area (Å²) in [7, 11) is 1.60. The van der Waals surface area contributed by atoms with Gasteiger partial charge >= 0.3 is 0 Å². The first-order valence-electron chi connectivity index (χ1n) is 11.1. The molecule has 0 aromatic heterocycles. The van der Waals surface area contributed by atoms with Crippen LogP contribution in [0.4, 0.5) is 0 Å². The van der Waals surface area contributed by atoms with Gasteiger partial charge in [0.15, 0.2) is 5.78 Å². The van der Waals surface area contributed by atoms with Crippen molar-refractivity contribution in [3.05, 3.63) is 82.9 Å². The maximum absolute atomic E-state index is 13.2. The number of methoxy groups -OCH3 is 1. The highest BCUT2D eigenvalue weighted by molar-refractivity contribution is 6.37. The first-order chi connectivity index (χ1) is 15.6. The number of carbonyl (C=O) groups excluding carboxylic acids is 1. The van der Waals surface area contributed by atoms with Gasteiger partial charge in [-0.2, -0.15) is 0 Å². The van der Waals surface area contributed by atoms with E-state index in [0.717, 1.165) is 49.1 Å². The third-order valence-electron chi connectivity index (χ3n) is 6.23. The first kappa shape index (κ1) is 28.2. The molecule has 0 saturated carbocycles. The second-order valence-corrected chi connectivity index (χ2v) is 8.59. The number of rotatable bonds is 7. The number of ether oxygens (including phenoxy) is 1. The molecule has 1 aliphatic rings. The Balaban J connectivity index is 0.00000204. The number of Topliss-reactive ketones (excluding diaryl/α,β-unsaturated/α-hetero) is 1. The van der Waals surface area contributed by atoms with E-state index in [-0.39, 0.29) is 36.6 Å². The predicted octanol–water partition coefficient (Wildman–Crippen LogP) is 6.25. The molecular formula is C27H31Cl3N2O2. The molecule has 4 nitrogen and oxygen atoms in total. The normalized spacial score (nSPS) is 15.5. The summed E-state index contributed by atoms with van der Waals surface area (Å²) in [5.74, 6) is 0.791. The largest absolute Gasteiger partial charge is 0.495 e. The summed E-state index contributed by atoms with van der Waals surface area (Å²) in [5, 5.41) is 2.42. The van der Waals surface area contributed by atoms with Crippen LogP contribution in [0.2, 0.25) is 5.02 Å². The highest BCUT2D eigenvalue weighted by atomic mass is 35.5. The van der Waals surface area contributed by atoms with Crippen LogP contribution in [0.5, 0.6) is 5.75 Å². The van der Waals surface area contributed by atoms with Crippen LogP contribution in [0.15, 0.2) is 66.7 Å². The molecule has 0 amide bonds. The summed E-state index contributed by atoms with van der Waals surface area (Å²) in [6.07, 6.45) is 4.38. The molecule has 1 aliphatic heterocycles. The lowest BCUT2D eigenvalue weighted by molar-refractivity contribution is 0.0719. The van der Waals surface area contributed by atoms with Crippen LogP contribution in [0.1, 0.15) is 22.8 Å². The number of carbonyl (C=O) groups is 1. The van der Waals surface area contributed by atoms with E-state index in [9.17, 15) is 4.79 Å². The van der Waals surface area contributed by atoms with Crippen LogP contribution in [-0.2, 0) is 0 Å². The van der Waals surface area contributed by atoms with Crippen LogP contribution >= 0.6 is 36.4 Å². The van der Waals surface area contributed by atoms with Gasteiger partial charge in [0.1, 0.15) is 5.75 Å². The monoisotopic (exact) mass is 520 g/mol. The maximum Gasteiger partial charge on any atom is 0.179 e. The van der Waals surface area contributed by atoms with Gasteiger partial charge in [-0.05, 0) is 30.0 Å². The van der Waals surface area contributed by atoms with Crippen molar-refractivity contribution in [2.45, 2.75) is 13.0 Å². The van der Waals surface area contributed by atoms with Crippen molar-refractivity contribution < 1.29 is 9.53 Å². The van der Waals surface area contributed by atoms with E-state index in [1.165, 1.54) is 5.56 Å². The molecule has 3 aromatic rings. The fourth-order valence-electron chi connectivity index (χ4n) is 4.23. The Morgan fingerprint density at radius 1 is 1.03 bits per heavy atom. The Bertz CT molecular complexity index is 1110. The average Bonchev–Trinajstić information content (AvgIpc) is 2.84. The van der Waals surface area contributed by atoms with Crippen LogP contribution in [0.3, 0.4) is 0 Å². The Labute approximate surface area is 219 Å². The lowest BCUT2D eigenvalue weighted by Crippen LogP contribution is -2.51. The standard InChI is InChI=1S/C27H29ClN2O2.2ClH/c1-20(27(31)23-10-12-24-22(19-23)11-13-25(32-2)26(24)28)30-17-15-29(16-18-30)14-6-9-21-7-4-3-5-8-21;;/h3-13,19-20H,14-18H2,1-2H3;2*1H. The quantitative estimate of drug-likeness (QED) is 0.344. The molecule has 0 radical (unpaired) electrons. The second-order valence-electron chi connectivity index (χ2n) is 8.21. The molecule has 1 heterocycles. The number of fused-ring (bicyclic) bond motifs is 1. The van der Waals surface area contributed by atoms with E-state index in [2.05, 4.69) is 46.2 Å². The number of benzene rings is 3. The van der Waals surface area contributed by atoms with Crippen molar-refractivity contribution in [1.82, 2.24) is 9.80 Å². The molecule has 1 fully saturated rings. The van der Waals surface area contributed by atoms with Crippen molar-refractivity contribution in [3.8, 4) is 5.75 Å². The highest BCUT2D eigenvalue weighted by Gasteiger charge is 2.26. The van der Waals surface area contributed by atoms with E-state index >= 15 is 0 Å². The molecular weight excluding hydrogens is 491 g/mol. The van der Waals surface area contributed by atoms with Gasteiger partial charge in [0.05, 0.1) is 18.2 Å². The number of halogens is 3. The third kappa shape index (κ3) is 6.53. The molecule has 0 aliphatic carbocycles. The zero-order valence-electron chi connectivity index (χ0n) is 19.4. The van der Waals surface area contributed by atoms with Crippen molar-refractivity contribution in [2.75, 3.05) is 39.8 Å². The van der Waals surface area contributed by atoms with Crippen LogP contribution in [0.25, 0.3) is 16.8 Å². The minimum absolute atomic E-state index is 0. The summed E-state index contributed by atoms with van der Waals surface area (Å²) in [6.45, 7) is 6.65. The van der Waals surface area contributed by atoms with Gasteiger partial charge in [-0.1, -0.05) is 72.3 Å². The number of hydrogen-bond acceptors (Lipinski definition) is 4. The Hall–Kier alpha value is -2.08. The zero-order chi connectivity index (χ0) is 22.5. The van der Waals surface area contributed by atoms with Gasteiger partial charge in [0.2, 0.25) is 0 Å². The van der Waals surface area contributed by atoms with Crippen LogP contribution in [-0.4, -0.2) is 61.5 Å². The van der Waals surface area contributed by atoms with Crippen LogP contribution < -0.4 is 4.74 Å². The van der Waals surface area contributed by atoms with Gasteiger partial charge < -0.3 is 4.74 Å². The van der Waals surface area contributed by atoms with E-state index in [1.54, 1.807) is 7.11 Å². The maximum atomic E-state index is 13.2. The summed E-state index contributed by atoms with van der Waals surface area (Å²) in [6, 6.07) is 19.7. The first-order valence-corrected chi connectivity index (χ1v) is 11.4. The van der Waals surface area contributed by atoms with Gasteiger partial charge in [-0.15, -0.1) is 24.8 Å². The molecule has 0 N–H and O–H groups in total. The molecule has 34 heavy (non-hydrogen) atoms. The minimum Gasteiger partial charge on any atom is -0.495 e. The Morgan fingerprint density at radius 3 is 2.41 bits per heavy atom. The molecule has 1 saturated heterocycles. The lowest BCUT2D eigenvalue weighted by Gasteiger charge is -2.37. The summed E-state index contributed by atoms with van der Waals surface area (Å²) in [5.41, 5.74) is 1.94. The average molecular weight is 522 g/mol. The van der Waals surface area contributed by atoms with Crippen molar-refractivity contribution >= 4 is 59.0 Å². The highest BCUT2D eigenvalue weighted by Crippen LogP contribution is 2.33. The van der Waals surface area contributed by atoms with Crippen LogP contribution in [0, 0.1) is 0 Å². The molecule has 1 unspecified atom stereocenters. The van der Waals surface area contributed by atoms with Crippen molar-refractivity contribution in [3.63, 3.8) is 0 Å². The summed E-state index contributed by atoms with van der Waals surface area (Å²) >= 11 is 6.41. The minimum atomic E-state index is -0.150. The zero-order valence-corrected chi connectivity index (χ0v) is 21.8. The fraction of sp³-hybridized carbons (Fsp3) is 0.296. The SMILES string of the molecule is COc1ccc2cc(C(=O)C(C)N3CCN(CC=Cc4ccccc4)CC3)ccc2c1Cl.Cl.Cl. The molecule has 0 bridgehead atoms. The molecule has 0 spiro atoms. The Morgan fingerprint density at radius 2 is 1.74 bits per heavy atom. The molecule has 7 heteroatoms. The molecule has 1 atom stereocenters. The molecule has 3 aromatic carbocycles. The van der Waals surface area contributed by atoms with E-state index in [4.69, 9.17) is 16.3 Å². The second kappa shape index (κ2) is 13.1. The number of piperazine rings is 1. The lowest BCUT2D eigenvalue weighted by atomic mass is 9.99. The number of ketones is 1. The van der Waals surface area contributed by atoms with Crippen molar-refractivity contribution in [2.24, 2.45) is 0 Å². The van der Waals surface area contributed by atoms with Gasteiger partial charge in [-0.3, -0.25) is 14.6 Å². The number of hydrogen-bond donors (Lipinski definition) is 0. The van der Waals surface area contributed by atoms with Gasteiger partial charge in [0.25, 0.3) is 0 Å².